The van der Waals surface area contributed by atoms with Crippen LogP contribution in [-0.4, -0.2) is 43.3 Å². The van der Waals surface area contributed by atoms with Gasteiger partial charge in [0.05, 0.1) is 18.6 Å². The number of imidazole rings is 1. The van der Waals surface area contributed by atoms with Crippen LogP contribution in [0.3, 0.4) is 0 Å². The Morgan fingerprint density at radius 3 is 2.64 bits per heavy atom. The van der Waals surface area contributed by atoms with E-state index in [1.807, 2.05) is 71.4 Å². The fourth-order valence-electron chi connectivity index (χ4n) is 3.14. The minimum absolute atomic E-state index is 0.143. The van der Waals surface area contributed by atoms with Crippen molar-refractivity contribution in [2.24, 2.45) is 0 Å². The number of carbonyl (C=O) groups is 1. The molecule has 3 heterocycles. The van der Waals surface area contributed by atoms with Crippen LogP contribution in [0.1, 0.15) is 0 Å². The number of methoxy groups -OCH3 is 1. The smallest absolute Gasteiger partial charge is 0.277 e. The molecule has 9 nitrogen and oxygen atoms in total. The topological polar surface area (TPSA) is 107 Å². The third-order valence-corrected chi connectivity index (χ3v) is 5.59. The number of aromatic nitrogens is 5. The molecule has 3 aromatic heterocycles. The van der Waals surface area contributed by atoms with Crippen LogP contribution in [0.2, 0.25) is 0 Å². The number of benzene rings is 2. The summed E-state index contributed by atoms with van der Waals surface area (Å²) in [6.45, 7) is 0. The first-order chi connectivity index (χ1) is 16.2. The average Bonchev–Trinajstić information content (AvgIpc) is 3.51. The maximum Gasteiger partial charge on any atom is 0.277 e. The van der Waals surface area contributed by atoms with Gasteiger partial charge in [0, 0.05) is 35.4 Å². The van der Waals surface area contributed by atoms with Gasteiger partial charge in [-0.2, -0.15) is 0 Å². The van der Waals surface area contributed by atoms with Gasteiger partial charge in [0.25, 0.3) is 5.22 Å². The minimum atomic E-state index is -0.172. The van der Waals surface area contributed by atoms with E-state index in [0.717, 1.165) is 22.6 Å². The van der Waals surface area contributed by atoms with Crippen molar-refractivity contribution in [1.29, 1.82) is 0 Å². The number of ether oxygens (including phenoxy) is 1. The minimum Gasteiger partial charge on any atom is -0.497 e. The summed E-state index contributed by atoms with van der Waals surface area (Å²) in [6.07, 6.45) is 5.52. The van der Waals surface area contributed by atoms with Crippen molar-refractivity contribution in [3.8, 4) is 28.5 Å². The largest absolute Gasteiger partial charge is 0.497 e. The zero-order chi connectivity index (χ0) is 22.6. The second-order valence-corrected chi connectivity index (χ2v) is 7.90. The molecule has 5 aromatic rings. The van der Waals surface area contributed by atoms with Crippen molar-refractivity contribution < 1.29 is 13.9 Å². The van der Waals surface area contributed by atoms with E-state index in [9.17, 15) is 4.79 Å². The quantitative estimate of drug-likeness (QED) is 0.362. The fraction of sp³-hybridized carbons (Fsp3) is 0.0870. The van der Waals surface area contributed by atoms with E-state index in [0.29, 0.717) is 22.6 Å². The molecule has 10 heteroatoms. The van der Waals surface area contributed by atoms with Gasteiger partial charge in [-0.05, 0) is 42.5 Å². The third kappa shape index (κ3) is 4.70. The summed E-state index contributed by atoms with van der Waals surface area (Å²) in [5, 5.41) is 11.2. The summed E-state index contributed by atoms with van der Waals surface area (Å²) in [7, 11) is 1.61. The van der Waals surface area contributed by atoms with Crippen molar-refractivity contribution >= 4 is 29.1 Å². The monoisotopic (exact) mass is 458 g/mol. The molecule has 0 atom stereocenters. The second-order valence-electron chi connectivity index (χ2n) is 6.97. The lowest BCUT2D eigenvalue weighted by molar-refractivity contribution is -0.113. The number of carbonyl (C=O) groups excluding carboxylic acids is 1. The molecule has 0 aliphatic carbocycles. The van der Waals surface area contributed by atoms with Gasteiger partial charge in [0.15, 0.2) is 0 Å². The average molecular weight is 459 g/mol. The van der Waals surface area contributed by atoms with Crippen LogP contribution in [0.5, 0.6) is 5.75 Å². The summed E-state index contributed by atoms with van der Waals surface area (Å²) in [5.74, 6) is 1.74. The fourth-order valence-corrected chi connectivity index (χ4v) is 3.70. The lowest BCUT2D eigenvalue weighted by atomic mass is 10.1. The third-order valence-electron chi connectivity index (χ3n) is 4.77. The molecule has 2 aromatic carbocycles. The van der Waals surface area contributed by atoms with Crippen LogP contribution in [0, 0.1) is 0 Å². The van der Waals surface area contributed by atoms with Gasteiger partial charge in [-0.25, -0.2) is 9.97 Å². The van der Waals surface area contributed by atoms with Crippen LogP contribution >= 0.6 is 11.8 Å². The molecule has 0 saturated heterocycles. The zero-order valence-corrected chi connectivity index (χ0v) is 18.3. The van der Waals surface area contributed by atoms with Crippen LogP contribution in [0.25, 0.3) is 28.5 Å². The molecular formula is C23H18N6O3S. The Labute approximate surface area is 192 Å². The molecule has 0 aliphatic heterocycles. The van der Waals surface area contributed by atoms with Gasteiger partial charge in [0.1, 0.15) is 5.75 Å². The SMILES string of the molecule is COc1ccc(-c2nnc(SCC(=O)Nc3ccc(-c4cn5cccnc5n4)cc3)o2)cc1. The Balaban J connectivity index is 1.17. The molecule has 0 aliphatic rings. The number of rotatable bonds is 7. The second kappa shape index (κ2) is 9.13. The summed E-state index contributed by atoms with van der Waals surface area (Å²) < 4.78 is 12.6. The van der Waals surface area contributed by atoms with Crippen LogP contribution in [0.4, 0.5) is 5.69 Å². The highest BCUT2D eigenvalue weighted by Gasteiger charge is 2.12. The summed E-state index contributed by atoms with van der Waals surface area (Å²) in [5.41, 5.74) is 3.22. The predicted molar refractivity (Wildman–Crippen MR) is 124 cm³/mol. The molecular weight excluding hydrogens is 440 g/mol. The van der Waals surface area contributed by atoms with Gasteiger partial charge in [-0.15, -0.1) is 10.2 Å². The highest BCUT2D eigenvalue weighted by Crippen LogP contribution is 2.25. The number of fused-ring (bicyclic) bond motifs is 1. The normalized spacial score (nSPS) is 10.9. The standard InChI is InChI=1S/C23H18N6O3S/c1-31-18-9-5-16(6-10-18)21-27-28-23(32-21)33-14-20(30)25-17-7-3-15(4-8-17)19-13-29-12-2-11-24-22(29)26-19/h2-13H,14H2,1H3,(H,25,30). The molecule has 1 amide bonds. The summed E-state index contributed by atoms with van der Waals surface area (Å²) in [6, 6.07) is 16.6. The van der Waals surface area contributed by atoms with E-state index in [1.54, 1.807) is 13.3 Å². The lowest BCUT2D eigenvalue weighted by Gasteiger charge is -2.05. The van der Waals surface area contributed by atoms with Gasteiger partial charge in [-0.3, -0.25) is 9.20 Å². The Morgan fingerprint density at radius 1 is 1.09 bits per heavy atom. The van der Waals surface area contributed by atoms with E-state index in [-0.39, 0.29) is 11.7 Å². The van der Waals surface area contributed by atoms with Gasteiger partial charge in [0.2, 0.25) is 17.6 Å². The van der Waals surface area contributed by atoms with Crippen LogP contribution < -0.4 is 10.1 Å². The maximum absolute atomic E-state index is 12.3. The van der Waals surface area contributed by atoms with E-state index >= 15 is 0 Å². The summed E-state index contributed by atoms with van der Waals surface area (Å²) >= 11 is 1.18. The highest BCUT2D eigenvalue weighted by molar-refractivity contribution is 7.99. The first-order valence-electron chi connectivity index (χ1n) is 9.99. The van der Waals surface area contributed by atoms with Crippen molar-refractivity contribution in [1.82, 2.24) is 24.6 Å². The molecule has 0 fully saturated rings. The van der Waals surface area contributed by atoms with Gasteiger partial charge in [-0.1, -0.05) is 23.9 Å². The molecule has 0 unspecified atom stereocenters. The number of thioether (sulfide) groups is 1. The Morgan fingerprint density at radius 2 is 1.88 bits per heavy atom. The highest BCUT2D eigenvalue weighted by atomic mass is 32.2. The van der Waals surface area contributed by atoms with Crippen molar-refractivity contribution in [2.75, 3.05) is 18.2 Å². The van der Waals surface area contributed by atoms with E-state index < -0.39 is 0 Å². The molecule has 0 bridgehead atoms. The number of amides is 1. The summed E-state index contributed by atoms with van der Waals surface area (Å²) in [4.78, 5) is 21.1. The lowest BCUT2D eigenvalue weighted by Crippen LogP contribution is -2.13. The molecule has 33 heavy (non-hydrogen) atoms. The number of anilines is 1. The Bertz CT molecular complexity index is 1360. The van der Waals surface area contributed by atoms with Crippen molar-refractivity contribution in [2.45, 2.75) is 5.22 Å². The van der Waals surface area contributed by atoms with E-state index in [4.69, 9.17) is 9.15 Å². The van der Waals surface area contributed by atoms with Crippen molar-refractivity contribution in [3.05, 3.63) is 73.2 Å². The van der Waals surface area contributed by atoms with Gasteiger partial charge >= 0.3 is 0 Å². The molecule has 164 valence electrons. The maximum atomic E-state index is 12.3. The number of hydrogen-bond acceptors (Lipinski definition) is 8. The number of hydrogen-bond donors (Lipinski definition) is 1. The predicted octanol–water partition coefficient (Wildman–Crippen LogP) is 4.19. The molecule has 1 N–H and O–H groups in total. The van der Waals surface area contributed by atoms with E-state index in [1.165, 1.54) is 11.8 Å². The molecule has 5 rings (SSSR count). The number of nitrogens with zero attached hydrogens (tertiary/aromatic N) is 5. The first kappa shape index (κ1) is 20.7. The zero-order valence-electron chi connectivity index (χ0n) is 17.5. The van der Waals surface area contributed by atoms with Crippen LogP contribution in [0.15, 0.2) is 82.8 Å². The number of nitrogens with one attached hydrogen (secondary N) is 1. The van der Waals surface area contributed by atoms with E-state index in [2.05, 4.69) is 25.5 Å². The van der Waals surface area contributed by atoms with Crippen molar-refractivity contribution in [3.63, 3.8) is 0 Å². The molecule has 0 saturated carbocycles. The molecule has 0 radical (unpaired) electrons. The van der Waals surface area contributed by atoms with Crippen LogP contribution in [-0.2, 0) is 4.79 Å². The van der Waals surface area contributed by atoms with Gasteiger partial charge < -0.3 is 14.5 Å². The Kier molecular flexibility index (Phi) is 5.73. The Hall–Kier alpha value is -4.18. The molecule has 0 spiro atoms. The first-order valence-corrected chi connectivity index (χ1v) is 11.0.